The average molecular weight is 205 g/mol. The average Bonchev–Trinajstić information content (AvgIpc) is 2.30. The van der Waals surface area contributed by atoms with Gasteiger partial charge in [-0.3, -0.25) is 4.79 Å². The zero-order valence-electron chi connectivity index (χ0n) is 8.40. The highest BCUT2D eigenvalue weighted by Gasteiger charge is 2.16. The molecule has 1 fully saturated rings. The van der Waals surface area contributed by atoms with Gasteiger partial charge in [0.1, 0.15) is 0 Å². The minimum absolute atomic E-state index is 0.409. The molecule has 79 valence electrons. The van der Waals surface area contributed by atoms with Crippen LogP contribution in [0.3, 0.4) is 0 Å². The Kier molecular flexibility index (Phi) is 2.87. The number of nitrogens with zero attached hydrogens (tertiary/aromatic N) is 1. The number of amides is 1. The Balaban J connectivity index is 2.29. The zero-order valence-corrected chi connectivity index (χ0v) is 8.40. The summed E-state index contributed by atoms with van der Waals surface area (Å²) in [6.45, 7) is 2.97. The predicted octanol–water partition coefficient (Wildman–Crippen LogP) is 0.422. The minimum atomic E-state index is -0.409. The molecule has 1 aliphatic rings. The first kappa shape index (κ1) is 9.98. The maximum absolute atomic E-state index is 11.2. The maximum atomic E-state index is 11.2. The standard InChI is InChI=1S/C11H13N2O2/c12-11(14)9-3-1-2-4-10(9)13-5-7-15-8-6-13/h2-4H,5-8H2,(H2,12,14). The van der Waals surface area contributed by atoms with Crippen LogP contribution in [0.4, 0.5) is 5.69 Å². The molecule has 0 spiro atoms. The number of primary amides is 1. The number of hydrogen-bond acceptors (Lipinski definition) is 3. The second kappa shape index (κ2) is 4.31. The lowest BCUT2D eigenvalue weighted by molar-refractivity contribution is 0.0998. The molecule has 4 nitrogen and oxygen atoms in total. The molecule has 1 saturated heterocycles. The third-order valence-electron chi connectivity index (χ3n) is 2.46. The fourth-order valence-corrected chi connectivity index (χ4v) is 1.70. The molecule has 1 aromatic carbocycles. The van der Waals surface area contributed by atoms with Crippen molar-refractivity contribution in [3.05, 3.63) is 29.8 Å². The summed E-state index contributed by atoms with van der Waals surface area (Å²) in [6, 6.07) is 8.15. The van der Waals surface area contributed by atoms with Crippen LogP contribution < -0.4 is 10.6 Å². The monoisotopic (exact) mass is 205 g/mol. The van der Waals surface area contributed by atoms with E-state index in [0.29, 0.717) is 18.8 Å². The number of anilines is 1. The fourth-order valence-electron chi connectivity index (χ4n) is 1.70. The number of nitrogens with two attached hydrogens (primary N) is 1. The first-order valence-corrected chi connectivity index (χ1v) is 4.91. The first-order chi connectivity index (χ1) is 7.29. The smallest absolute Gasteiger partial charge is 0.250 e. The largest absolute Gasteiger partial charge is 0.378 e. The molecule has 0 bridgehead atoms. The van der Waals surface area contributed by atoms with Crippen molar-refractivity contribution in [1.82, 2.24) is 0 Å². The van der Waals surface area contributed by atoms with Crippen molar-refractivity contribution >= 4 is 11.6 Å². The predicted molar refractivity (Wildman–Crippen MR) is 56.8 cm³/mol. The van der Waals surface area contributed by atoms with Crippen molar-refractivity contribution in [3.8, 4) is 0 Å². The lowest BCUT2D eigenvalue weighted by Gasteiger charge is -2.29. The second-order valence-electron chi connectivity index (χ2n) is 3.41. The van der Waals surface area contributed by atoms with Crippen LogP contribution in [-0.4, -0.2) is 32.2 Å². The van der Waals surface area contributed by atoms with Crippen LogP contribution >= 0.6 is 0 Å². The van der Waals surface area contributed by atoms with E-state index >= 15 is 0 Å². The van der Waals surface area contributed by atoms with E-state index in [1.165, 1.54) is 0 Å². The van der Waals surface area contributed by atoms with Crippen LogP contribution in [0.5, 0.6) is 0 Å². The van der Waals surface area contributed by atoms with Crippen molar-refractivity contribution in [3.63, 3.8) is 0 Å². The van der Waals surface area contributed by atoms with Crippen LogP contribution in [0.2, 0.25) is 0 Å². The molecule has 2 rings (SSSR count). The molecule has 0 atom stereocenters. The third-order valence-corrected chi connectivity index (χ3v) is 2.46. The Labute approximate surface area is 88.6 Å². The molecule has 0 aliphatic carbocycles. The molecule has 1 aliphatic heterocycles. The SMILES string of the molecule is NC(=O)c1c[c]ccc1N1CCOCC1. The first-order valence-electron chi connectivity index (χ1n) is 4.91. The molecule has 0 saturated carbocycles. The normalized spacial score (nSPS) is 16.4. The van der Waals surface area contributed by atoms with Crippen LogP contribution in [0.15, 0.2) is 18.2 Å². The van der Waals surface area contributed by atoms with Gasteiger partial charge in [0.2, 0.25) is 0 Å². The van der Waals surface area contributed by atoms with Gasteiger partial charge in [-0.25, -0.2) is 0 Å². The summed E-state index contributed by atoms with van der Waals surface area (Å²) in [5.41, 5.74) is 6.71. The van der Waals surface area contributed by atoms with Crippen molar-refractivity contribution < 1.29 is 9.53 Å². The van der Waals surface area contributed by atoms with Gasteiger partial charge in [0.25, 0.3) is 5.91 Å². The van der Waals surface area contributed by atoms with Crippen molar-refractivity contribution in [2.24, 2.45) is 5.73 Å². The number of carbonyl (C=O) groups is 1. The second-order valence-corrected chi connectivity index (χ2v) is 3.41. The van der Waals surface area contributed by atoms with E-state index in [0.717, 1.165) is 18.8 Å². The number of morpholine rings is 1. The summed E-state index contributed by atoms with van der Waals surface area (Å²) in [5, 5.41) is 0. The molecular formula is C11H13N2O2. The minimum Gasteiger partial charge on any atom is -0.378 e. The van der Waals surface area contributed by atoms with Gasteiger partial charge in [0.15, 0.2) is 0 Å². The van der Waals surface area contributed by atoms with Gasteiger partial charge in [0.05, 0.1) is 18.8 Å². The molecule has 15 heavy (non-hydrogen) atoms. The van der Waals surface area contributed by atoms with Crippen LogP contribution in [0, 0.1) is 6.07 Å². The Morgan fingerprint density at radius 3 is 2.87 bits per heavy atom. The summed E-state index contributed by atoms with van der Waals surface area (Å²) in [4.78, 5) is 13.3. The van der Waals surface area contributed by atoms with E-state index < -0.39 is 5.91 Å². The molecule has 0 unspecified atom stereocenters. The van der Waals surface area contributed by atoms with E-state index in [4.69, 9.17) is 10.5 Å². The summed E-state index contributed by atoms with van der Waals surface area (Å²) in [5.74, 6) is -0.409. The van der Waals surface area contributed by atoms with Gasteiger partial charge in [-0.2, -0.15) is 0 Å². The van der Waals surface area contributed by atoms with Gasteiger partial charge in [-0.05, 0) is 18.2 Å². The molecule has 1 radical (unpaired) electrons. The Morgan fingerprint density at radius 1 is 1.47 bits per heavy atom. The molecular weight excluding hydrogens is 192 g/mol. The van der Waals surface area contributed by atoms with E-state index in [-0.39, 0.29) is 0 Å². The topological polar surface area (TPSA) is 55.6 Å². The van der Waals surface area contributed by atoms with Gasteiger partial charge in [-0.15, -0.1) is 0 Å². The van der Waals surface area contributed by atoms with Gasteiger partial charge < -0.3 is 15.4 Å². The van der Waals surface area contributed by atoms with Gasteiger partial charge >= 0.3 is 0 Å². The molecule has 0 aromatic heterocycles. The Hall–Kier alpha value is -1.55. The third kappa shape index (κ3) is 2.10. The van der Waals surface area contributed by atoms with E-state index in [1.54, 1.807) is 12.1 Å². The molecule has 4 heteroatoms. The highest BCUT2D eigenvalue weighted by Crippen LogP contribution is 2.20. The number of rotatable bonds is 2. The summed E-state index contributed by atoms with van der Waals surface area (Å²) < 4.78 is 5.26. The van der Waals surface area contributed by atoms with E-state index in [1.807, 2.05) is 6.07 Å². The Bertz CT molecular complexity index is 359. The number of ether oxygens (including phenoxy) is 1. The van der Waals surface area contributed by atoms with Gasteiger partial charge in [0, 0.05) is 18.8 Å². The highest BCUT2D eigenvalue weighted by atomic mass is 16.5. The lowest BCUT2D eigenvalue weighted by Crippen LogP contribution is -2.37. The molecule has 1 aromatic rings. The number of benzene rings is 1. The van der Waals surface area contributed by atoms with Crippen LogP contribution in [0.25, 0.3) is 0 Å². The summed E-state index contributed by atoms with van der Waals surface area (Å²) >= 11 is 0. The fraction of sp³-hybridized carbons (Fsp3) is 0.364. The number of carbonyl (C=O) groups excluding carboxylic acids is 1. The van der Waals surface area contributed by atoms with Crippen molar-refractivity contribution in [2.75, 3.05) is 31.2 Å². The van der Waals surface area contributed by atoms with Crippen LogP contribution in [-0.2, 0) is 4.74 Å². The van der Waals surface area contributed by atoms with Gasteiger partial charge in [-0.1, -0.05) is 6.07 Å². The van der Waals surface area contributed by atoms with Crippen molar-refractivity contribution in [2.45, 2.75) is 0 Å². The zero-order chi connectivity index (χ0) is 10.7. The quantitative estimate of drug-likeness (QED) is 0.761. The molecule has 1 heterocycles. The highest BCUT2D eigenvalue weighted by molar-refractivity contribution is 5.98. The molecule has 1 amide bonds. The van der Waals surface area contributed by atoms with Crippen LogP contribution in [0.1, 0.15) is 10.4 Å². The summed E-state index contributed by atoms with van der Waals surface area (Å²) in [7, 11) is 0. The Morgan fingerprint density at radius 2 is 2.20 bits per heavy atom. The number of hydrogen-bond donors (Lipinski definition) is 1. The maximum Gasteiger partial charge on any atom is 0.250 e. The lowest BCUT2D eigenvalue weighted by atomic mass is 10.1. The molecule has 2 N–H and O–H groups in total. The van der Waals surface area contributed by atoms with E-state index in [9.17, 15) is 4.79 Å². The van der Waals surface area contributed by atoms with Crippen molar-refractivity contribution in [1.29, 1.82) is 0 Å². The van der Waals surface area contributed by atoms with E-state index in [2.05, 4.69) is 11.0 Å². The summed E-state index contributed by atoms with van der Waals surface area (Å²) in [6.07, 6.45) is 0.